The van der Waals surface area contributed by atoms with Crippen LogP contribution in [-0.4, -0.2) is 21.0 Å². The Hall–Kier alpha value is -1.36. The van der Waals surface area contributed by atoms with Gasteiger partial charge in [0.1, 0.15) is 0 Å². The van der Waals surface area contributed by atoms with Crippen molar-refractivity contribution in [3.63, 3.8) is 0 Å². The number of benzene rings is 1. The van der Waals surface area contributed by atoms with Crippen LogP contribution in [0.25, 0.3) is 10.9 Å². The predicted molar refractivity (Wildman–Crippen MR) is 64.9 cm³/mol. The van der Waals surface area contributed by atoms with Gasteiger partial charge in [-0.2, -0.15) is 9.78 Å². The standard InChI is InChI=1S/C11H11BrN2O2/c1-6(2)10-8-4-3-7(12)5-9(8)14(13-10)11(15)16/h3-6H,1-2H3,(H,15,16). The molecule has 0 fully saturated rings. The van der Waals surface area contributed by atoms with Crippen LogP contribution in [0.1, 0.15) is 25.5 Å². The van der Waals surface area contributed by atoms with Crippen LogP contribution >= 0.6 is 15.9 Å². The van der Waals surface area contributed by atoms with Gasteiger partial charge >= 0.3 is 6.09 Å². The summed E-state index contributed by atoms with van der Waals surface area (Å²) in [5.74, 6) is 0.198. The van der Waals surface area contributed by atoms with Gasteiger partial charge in [-0.3, -0.25) is 0 Å². The zero-order valence-corrected chi connectivity index (χ0v) is 10.5. The van der Waals surface area contributed by atoms with Crippen LogP contribution < -0.4 is 0 Å². The molecule has 0 aliphatic heterocycles. The summed E-state index contributed by atoms with van der Waals surface area (Å²) in [7, 11) is 0. The van der Waals surface area contributed by atoms with Gasteiger partial charge in [-0.15, -0.1) is 0 Å². The molecule has 0 saturated heterocycles. The zero-order valence-electron chi connectivity index (χ0n) is 8.94. The molecule has 2 aromatic rings. The molecule has 1 aromatic heterocycles. The van der Waals surface area contributed by atoms with Crippen molar-refractivity contribution in [1.29, 1.82) is 0 Å². The molecule has 0 atom stereocenters. The minimum absolute atomic E-state index is 0.198. The van der Waals surface area contributed by atoms with Crippen molar-refractivity contribution in [3.8, 4) is 0 Å². The Morgan fingerprint density at radius 1 is 1.50 bits per heavy atom. The Labute approximate surface area is 101 Å². The Kier molecular flexibility index (Phi) is 2.71. The van der Waals surface area contributed by atoms with Crippen molar-refractivity contribution in [2.45, 2.75) is 19.8 Å². The maximum absolute atomic E-state index is 11.0. The van der Waals surface area contributed by atoms with Gasteiger partial charge in [-0.1, -0.05) is 29.8 Å². The molecule has 0 amide bonds. The molecule has 0 aliphatic carbocycles. The fourth-order valence-corrected chi connectivity index (χ4v) is 2.03. The average molecular weight is 283 g/mol. The topological polar surface area (TPSA) is 55.1 Å². The van der Waals surface area contributed by atoms with Crippen molar-refractivity contribution in [2.24, 2.45) is 0 Å². The lowest BCUT2D eigenvalue weighted by molar-refractivity contribution is 0.193. The van der Waals surface area contributed by atoms with Crippen LogP contribution in [0.5, 0.6) is 0 Å². The molecule has 2 rings (SSSR count). The third-order valence-corrected chi connectivity index (χ3v) is 2.89. The summed E-state index contributed by atoms with van der Waals surface area (Å²) in [4.78, 5) is 11.0. The number of nitrogens with zero attached hydrogens (tertiary/aromatic N) is 2. The van der Waals surface area contributed by atoms with Crippen LogP contribution in [0.4, 0.5) is 4.79 Å². The van der Waals surface area contributed by atoms with Crippen LogP contribution in [0, 0.1) is 0 Å². The molecular formula is C11H11BrN2O2. The quantitative estimate of drug-likeness (QED) is 0.872. The number of carbonyl (C=O) groups is 1. The average Bonchev–Trinajstić information content (AvgIpc) is 2.56. The number of carboxylic acid groups (broad SMARTS) is 1. The summed E-state index contributed by atoms with van der Waals surface area (Å²) in [6.07, 6.45) is -1.06. The Morgan fingerprint density at radius 2 is 2.19 bits per heavy atom. The lowest BCUT2D eigenvalue weighted by atomic mass is 10.1. The summed E-state index contributed by atoms with van der Waals surface area (Å²) in [5, 5.41) is 14.1. The normalized spacial score (nSPS) is 11.2. The first kappa shape index (κ1) is 11.1. The maximum atomic E-state index is 11.0. The van der Waals surface area contributed by atoms with E-state index in [1.807, 2.05) is 26.0 Å². The number of hydrogen-bond acceptors (Lipinski definition) is 2. The lowest BCUT2D eigenvalue weighted by Gasteiger charge is -1.99. The zero-order chi connectivity index (χ0) is 11.9. The molecule has 1 heterocycles. The van der Waals surface area contributed by atoms with E-state index in [9.17, 15) is 4.79 Å². The van der Waals surface area contributed by atoms with Gasteiger partial charge < -0.3 is 5.11 Å². The summed E-state index contributed by atoms with van der Waals surface area (Å²) < 4.78 is 1.87. The van der Waals surface area contributed by atoms with Crippen LogP contribution in [0.3, 0.4) is 0 Å². The first-order valence-corrected chi connectivity index (χ1v) is 5.71. The molecule has 16 heavy (non-hydrogen) atoms. The van der Waals surface area contributed by atoms with E-state index >= 15 is 0 Å². The number of halogens is 1. The van der Waals surface area contributed by atoms with E-state index in [0.29, 0.717) is 5.52 Å². The largest absolute Gasteiger partial charge is 0.463 e. The SMILES string of the molecule is CC(C)c1nn(C(=O)O)c2cc(Br)ccc12. The summed E-state index contributed by atoms with van der Waals surface area (Å²) in [5.41, 5.74) is 1.43. The molecule has 1 aromatic carbocycles. The van der Waals surface area contributed by atoms with Gasteiger partial charge in [0.25, 0.3) is 0 Å². The Morgan fingerprint density at radius 3 is 2.75 bits per heavy atom. The minimum atomic E-state index is -1.06. The van der Waals surface area contributed by atoms with Gasteiger partial charge in [-0.25, -0.2) is 4.79 Å². The van der Waals surface area contributed by atoms with E-state index in [1.165, 1.54) is 0 Å². The fraction of sp³-hybridized carbons (Fsp3) is 0.273. The highest BCUT2D eigenvalue weighted by Gasteiger charge is 2.16. The summed E-state index contributed by atoms with van der Waals surface area (Å²) >= 11 is 3.33. The second-order valence-corrected chi connectivity index (χ2v) is 4.81. The fourth-order valence-electron chi connectivity index (χ4n) is 1.68. The van der Waals surface area contributed by atoms with Crippen LogP contribution in [0.2, 0.25) is 0 Å². The number of fused-ring (bicyclic) bond motifs is 1. The van der Waals surface area contributed by atoms with Crippen molar-refractivity contribution < 1.29 is 9.90 Å². The van der Waals surface area contributed by atoms with Crippen molar-refractivity contribution in [1.82, 2.24) is 9.78 Å². The van der Waals surface area contributed by atoms with Gasteiger partial charge in [0.2, 0.25) is 0 Å². The number of hydrogen-bond donors (Lipinski definition) is 1. The van der Waals surface area contributed by atoms with Gasteiger partial charge in [0, 0.05) is 9.86 Å². The molecule has 4 nitrogen and oxygen atoms in total. The molecule has 0 saturated carbocycles. The van der Waals surface area contributed by atoms with E-state index in [2.05, 4.69) is 21.0 Å². The van der Waals surface area contributed by atoms with Crippen molar-refractivity contribution in [3.05, 3.63) is 28.4 Å². The van der Waals surface area contributed by atoms with E-state index in [-0.39, 0.29) is 5.92 Å². The summed E-state index contributed by atoms with van der Waals surface area (Å²) in [6.45, 7) is 3.99. The van der Waals surface area contributed by atoms with Gasteiger partial charge in [0.05, 0.1) is 11.2 Å². The Bertz CT molecular complexity index is 560. The monoisotopic (exact) mass is 282 g/mol. The smallest absolute Gasteiger partial charge is 0.432 e. The highest BCUT2D eigenvalue weighted by molar-refractivity contribution is 9.10. The highest BCUT2D eigenvalue weighted by atomic mass is 79.9. The molecule has 84 valence electrons. The highest BCUT2D eigenvalue weighted by Crippen LogP contribution is 2.27. The van der Waals surface area contributed by atoms with Gasteiger partial charge in [-0.05, 0) is 24.1 Å². The number of aromatic nitrogens is 2. The first-order valence-electron chi connectivity index (χ1n) is 4.92. The van der Waals surface area contributed by atoms with Crippen molar-refractivity contribution in [2.75, 3.05) is 0 Å². The molecule has 0 unspecified atom stereocenters. The predicted octanol–water partition coefficient (Wildman–Crippen LogP) is 3.45. The van der Waals surface area contributed by atoms with Crippen LogP contribution in [-0.2, 0) is 0 Å². The third kappa shape index (κ3) is 1.71. The second kappa shape index (κ2) is 3.90. The van der Waals surface area contributed by atoms with Crippen molar-refractivity contribution >= 4 is 32.9 Å². The second-order valence-electron chi connectivity index (χ2n) is 3.90. The lowest BCUT2D eigenvalue weighted by Crippen LogP contribution is -2.09. The molecular weight excluding hydrogens is 272 g/mol. The Balaban J connectivity index is 2.81. The van der Waals surface area contributed by atoms with Gasteiger partial charge in [0.15, 0.2) is 0 Å². The van der Waals surface area contributed by atoms with E-state index < -0.39 is 6.09 Å². The molecule has 0 bridgehead atoms. The first-order chi connectivity index (χ1) is 7.50. The van der Waals surface area contributed by atoms with E-state index in [1.54, 1.807) is 6.07 Å². The van der Waals surface area contributed by atoms with Crippen LogP contribution in [0.15, 0.2) is 22.7 Å². The maximum Gasteiger partial charge on any atom is 0.432 e. The molecule has 0 spiro atoms. The van der Waals surface area contributed by atoms with E-state index in [4.69, 9.17) is 5.11 Å². The molecule has 1 N–H and O–H groups in total. The number of rotatable bonds is 1. The minimum Gasteiger partial charge on any atom is -0.463 e. The molecule has 5 heteroatoms. The molecule has 0 aliphatic rings. The third-order valence-electron chi connectivity index (χ3n) is 2.40. The summed E-state index contributed by atoms with van der Waals surface area (Å²) in [6, 6.07) is 5.55. The van der Waals surface area contributed by atoms with E-state index in [0.717, 1.165) is 20.2 Å². The molecule has 0 radical (unpaired) electrons.